The molecule has 4 nitrogen and oxygen atoms in total. The number of carbonyl (C=O) groups excluding carboxylic acids is 2. The molecule has 0 bridgehead atoms. The van der Waals surface area contributed by atoms with Gasteiger partial charge >= 0.3 is 0 Å². The molecule has 1 unspecified atom stereocenters. The van der Waals surface area contributed by atoms with E-state index < -0.39 is 5.97 Å². The van der Waals surface area contributed by atoms with E-state index >= 15 is 0 Å². The zero-order valence-corrected chi connectivity index (χ0v) is 14.5. The fraction of sp³-hybridized carbons (Fsp3) is 0.889. The highest BCUT2D eigenvalue weighted by Gasteiger charge is 2.09. The van der Waals surface area contributed by atoms with Gasteiger partial charge in [0.1, 0.15) is 0 Å². The van der Waals surface area contributed by atoms with Crippen molar-refractivity contribution in [2.45, 2.75) is 90.9 Å². The minimum atomic E-state index is -0.896. The highest BCUT2D eigenvalue weighted by molar-refractivity contribution is 5.72. The number of hydrogen-bond acceptors (Lipinski definition) is 3. The number of unbranched alkanes of at least 4 members (excludes halogenated alkanes) is 8. The Hall–Kier alpha value is -1.06. The van der Waals surface area contributed by atoms with Gasteiger partial charge < -0.3 is 15.2 Å². The van der Waals surface area contributed by atoms with E-state index in [2.05, 4.69) is 12.2 Å². The van der Waals surface area contributed by atoms with Gasteiger partial charge in [0, 0.05) is 19.4 Å². The summed E-state index contributed by atoms with van der Waals surface area (Å²) in [5.41, 5.74) is 0. The second-order valence-electron chi connectivity index (χ2n) is 6.26. The molecule has 130 valence electrons. The predicted molar refractivity (Wildman–Crippen MR) is 88.3 cm³/mol. The molecule has 0 heterocycles. The third-order valence-corrected chi connectivity index (χ3v) is 4.09. The van der Waals surface area contributed by atoms with Crippen LogP contribution in [-0.4, -0.2) is 18.4 Å². The number of nitrogens with one attached hydrogen (secondary N) is 1. The van der Waals surface area contributed by atoms with Gasteiger partial charge in [0.25, 0.3) is 0 Å². The minimum Gasteiger partial charge on any atom is -0.550 e. The summed E-state index contributed by atoms with van der Waals surface area (Å²) in [6, 6.07) is 0. The van der Waals surface area contributed by atoms with Crippen molar-refractivity contribution in [1.29, 1.82) is 0 Å². The minimum absolute atomic E-state index is 0.00782. The molecule has 1 amide bonds. The van der Waals surface area contributed by atoms with Crippen molar-refractivity contribution in [1.82, 2.24) is 5.32 Å². The van der Waals surface area contributed by atoms with Gasteiger partial charge in [-0.25, -0.2) is 0 Å². The maximum absolute atomic E-state index is 11.1. The van der Waals surface area contributed by atoms with Gasteiger partial charge in [-0.2, -0.15) is 0 Å². The van der Waals surface area contributed by atoms with Crippen molar-refractivity contribution in [3.05, 3.63) is 0 Å². The van der Waals surface area contributed by atoms with Crippen molar-refractivity contribution in [2.24, 2.45) is 5.92 Å². The Bertz CT molecular complexity index is 292. The summed E-state index contributed by atoms with van der Waals surface area (Å²) < 4.78 is 0. The van der Waals surface area contributed by atoms with E-state index in [1.807, 2.05) is 0 Å². The lowest BCUT2D eigenvalue weighted by atomic mass is 9.94. The van der Waals surface area contributed by atoms with Gasteiger partial charge in [-0.05, 0) is 25.2 Å². The molecule has 0 aliphatic heterocycles. The summed E-state index contributed by atoms with van der Waals surface area (Å²) in [5.74, 6) is -1.20. The second-order valence-corrected chi connectivity index (χ2v) is 6.26. The molecule has 0 aliphatic rings. The van der Waals surface area contributed by atoms with Crippen LogP contribution in [0.15, 0.2) is 0 Å². The van der Waals surface area contributed by atoms with Crippen LogP contribution in [0.2, 0.25) is 0 Å². The largest absolute Gasteiger partial charge is 0.550 e. The van der Waals surface area contributed by atoms with Crippen molar-refractivity contribution >= 4 is 11.9 Å². The zero-order chi connectivity index (χ0) is 16.6. The fourth-order valence-electron chi connectivity index (χ4n) is 2.68. The molecule has 0 spiro atoms. The molecule has 0 saturated heterocycles. The molecule has 0 aromatic heterocycles. The van der Waals surface area contributed by atoms with Crippen LogP contribution in [0.4, 0.5) is 0 Å². The number of carboxylic acids is 1. The topological polar surface area (TPSA) is 69.2 Å². The summed E-state index contributed by atoms with van der Waals surface area (Å²) in [4.78, 5) is 21.9. The van der Waals surface area contributed by atoms with Crippen LogP contribution >= 0.6 is 0 Å². The molecular formula is C18H34NO3-. The van der Waals surface area contributed by atoms with Crippen LogP contribution in [0.5, 0.6) is 0 Å². The Morgan fingerprint density at radius 2 is 1.36 bits per heavy atom. The first kappa shape index (κ1) is 20.9. The quantitative estimate of drug-likeness (QED) is 0.472. The van der Waals surface area contributed by atoms with Gasteiger partial charge in [0.05, 0.1) is 0 Å². The van der Waals surface area contributed by atoms with Gasteiger partial charge in [0.2, 0.25) is 5.91 Å². The van der Waals surface area contributed by atoms with Crippen LogP contribution in [-0.2, 0) is 9.59 Å². The number of rotatable bonds is 15. The van der Waals surface area contributed by atoms with Crippen LogP contribution in [0, 0.1) is 5.92 Å². The average Bonchev–Trinajstić information content (AvgIpc) is 2.46. The molecule has 1 atom stereocenters. The first-order valence-corrected chi connectivity index (χ1v) is 9.03. The Kier molecular flexibility index (Phi) is 14.1. The number of carbonyl (C=O) groups is 2. The molecule has 0 radical (unpaired) electrons. The Morgan fingerprint density at radius 3 is 1.86 bits per heavy atom. The smallest absolute Gasteiger partial charge is 0.216 e. The summed E-state index contributed by atoms with van der Waals surface area (Å²) in [6.45, 7) is 4.40. The maximum atomic E-state index is 11.1. The Morgan fingerprint density at radius 1 is 0.864 bits per heavy atom. The normalized spacial score (nSPS) is 12.1. The summed E-state index contributed by atoms with van der Waals surface area (Å²) >= 11 is 0. The SMILES string of the molecule is CCCCCCCCCC(CCCCCNC(C)=O)C(=O)[O-]. The highest BCUT2D eigenvalue weighted by atomic mass is 16.4. The predicted octanol–water partition coefficient (Wildman–Crippen LogP) is 3.19. The lowest BCUT2D eigenvalue weighted by Crippen LogP contribution is -2.31. The third kappa shape index (κ3) is 13.9. The first-order valence-electron chi connectivity index (χ1n) is 9.03. The number of hydrogen-bond donors (Lipinski definition) is 1. The van der Waals surface area contributed by atoms with Gasteiger partial charge in [-0.15, -0.1) is 0 Å². The van der Waals surface area contributed by atoms with Gasteiger partial charge in [-0.3, -0.25) is 4.79 Å². The molecule has 1 N–H and O–H groups in total. The lowest BCUT2D eigenvalue weighted by molar-refractivity contribution is -0.312. The molecule has 0 saturated carbocycles. The van der Waals surface area contributed by atoms with E-state index in [0.717, 1.165) is 38.5 Å². The van der Waals surface area contributed by atoms with E-state index in [-0.39, 0.29) is 11.8 Å². The van der Waals surface area contributed by atoms with Crippen LogP contribution in [0.1, 0.15) is 90.9 Å². The molecule has 0 rings (SSSR count). The molecule has 22 heavy (non-hydrogen) atoms. The standard InChI is InChI=1S/C18H35NO3/c1-3-4-5-6-7-8-10-13-17(18(21)22)14-11-9-12-15-19-16(2)20/h17H,3-15H2,1-2H3,(H,19,20)(H,21,22)/p-1. The van der Waals surface area contributed by atoms with Crippen molar-refractivity contribution < 1.29 is 14.7 Å². The average molecular weight is 312 g/mol. The molecule has 0 aliphatic carbocycles. The second kappa shape index (κ2) is 14.9. The molecule has 0 aromatic carbocycles. The number of amides is 1. The lowest BCUT2D eigenvalue weighted by Gasteiger charge is -2.17. The first-order chi connectivity index (χ1) is 10.6. The maximum Gasteiger partial charge on any atom is 0.216 e. The Balaban J connectivity index is 3.57. The van der Waals surface area contributed by atoms with E-state index in [4.69, 9.17) is 0 Å². The molecule has 4 heteroatoms. The molecule has 0 fully saturated rings. The van der Waals surface area contributed by atoms with Crippen molar-refractivity contribution in [2.75, 3.05) is 6.54 Å². The molecule has 0 aromatic rings. The van der Waals surface area contributed by atoms with Crippen LogP contribution in [0.3, 0.4) is 0 Å². The monoisotopic (exact) mass is 312 g/mol. The third-order valence-electron chi connectivity index (χ3n) is 4.09. The van der Waals surface area contributed by atoms with Gasteiger partial charge in [0.15, 0.2) is 0 Å². The number of carboxylic acid groups (broad SMARTS) is 1. The Labute approximate surface area is 136 Å². The van der Waals surface area contributed by atoms with E-state index in [0.29, 0.717) is 13.0 Å². The summed E-state index contributed by atoms with van der Waals surface area (Å²) in [7, 11) is 0. The van der Waals surface area contributed by atoms with Gasteiger partial charge in [-0.1, -0.05) is 64.7 Å². The van der Waals surface area contributed by atoms with E-state index in [1.54, 1.807) is 0 Å². The fourth-order valence-corrected chi connectivity index (χ4v) is 2.68. The van der Waals surface area contributed by atoms with Crippen molar-refractivity contribution in [3.63, 3.8) is 0 Å². The van der Waals surface area contributed by atoms with Crippen LogP contribution < -0.4 is 10.4 Å². The number of aliphatic carboxylic acids is 1. The van der Waals surface area contributed by atoms with Crippen molar-refractivity contribution in [3.8, 4) is 0 Å². The van der Waals surface area contributed by atoms with E-state index in [9.17, 15) is 14.7 Å². The summed E-state index contributed by atoms with van der Waals surface area (Å²) in [6.07, 6.45) is 12.7. The van der Waals surface area contributed by atoms with E-state index in [1.165, 1.54) is 39.0 Å². The molecular weight excluding hydrogens is 278 g/mol. The summed E-state index contributed by atoms with van der Waals surface area (Å²) in [5, 5.41) is 13.9. The zero-order valence-electron chi connectivity index (χ0n) is 14.5. The highest BCUT2D eigenvalue weighted by Crippen LogP contribution is 2.18. The van der Waals surface area contributed by atoms with Crippen LogP contribution in [0.25, 0.3) is 0 Å².